The van der Waals surface area contributed by atoms with Crippen LogP contribution in [-0.2, 0) is 0 Å². The van der Waals surface area contributed by atoms with Gasteiger partial charge in [-0.3, -0.25) is 4.79 Å². The summed E-state index contributed by atoms with van der Waals surface area (Å²) in [6, 6.07) is 18.2. The molecule has 0 bridgehead atoms. The number of carbonyl (C=O) groups is 1. The number of nitrogens with zero attached hydrogens (tertiary/aromatic N) is 4. The number of hydrogen-bond donors (Lipinski definition) is 1. The zero-order valence-corrected chi connectivity index (χ0v) is 19.0. The van der Waals surface area contributed by atoms with Crippen LogP contribution in [0.15, 0.2) is 60.8 Å². The highest BCUT2D eigenvalue weighted by Gasteiger charge is 2.28. The third-order valence-corrected chi connectivity index (χ3v) is 7.14. The zero-order chi connectivity index (χ0) is 22.2. The van der Waals surface area contributed by atoms with Gasteiger partial charge in [-0.2, -0.15) is 0 Å². The fourth-order valence-corrected chi connectivity index (χ4v) is 5.14. The summed E-state index contributed by atoms with van der Waals surface area (Å²) in [5.74, 6) is 0.526. The minimum Gasteiger partial charge on any atom is -0.383 e. The summed E-state index contributed by atoms with van der Waals surface area (Å²) in [5, 5.41) is 0.845. The highest BCUT2D eigenvalue weighted by atomic mass is 32.1. The summed E-state index contributed by atoms with van der Waals surface area (Å²) < 4.78 is 1.11. The van der Waals surface area contributed by atoms with Gasteiger partial charge in [-0.15, -0.1) is 11.3 Å². The van der Waals surface area contributed by atoms with E-state index in [1.165, 1.54) is 0 Å². The minimum absolute atomic E-state index is 0.0750. The third-order valence-electron chi connectivity index (χ3n) is 6.07. The Morgan fingerprint density at radius 3 is 2.75 bits per heavy atom. The van der Waals surface area contributed by atoms with Crippen LogP contribution in [0.25, 0.3) is 31.9 Å². The van der Waals surface area contributed by atoms with E-state index in [0.717, 1.165) is 51.4 Å². The summed E-state index contributed by atoms with van der Waals surface area (Å²) >= 11 is 1.60. The van der Waals surface area contributed by atoms with Crippen LogP contribution >= 0.6 is 11.3 Å². The van der Waals surface area contributed by atoms with Gasteiger partial charge >= 0.3 is 0 Å². The molecule has 0 aliphatic carbocycles. The minimum atomic E-state index is 0.0750. The number of aromatic nitrogens is 2. The van der Waals surface area contributed by atoms with Crippen LogP contribution < -0.4 is 5.73 Å². The molecule has 0 radical (unpaired) electrons. The number of benzene rings is 2. The molecule has 4 aromatic rings. The number of anilines is 1. The molecule has 162 valence electrons. The molecule has 1 aliphatic rings. The SMILES string of the molecule is CN(C)C1CCN(C(=O)c2cccc(-c3cnc(N)c(-c4nc5ccccc5s4)c3)c2)C1. The lowest BCUT2D eigenvalue weighted by Crippen LogP contribution is -2.34. The topological polar surface area (TPSA) is 75.3 Å². The monoisotopic (exact) mass is 443 g/mol. The van der Waals surface area contributed by atoms with E-state index < -0.39 is 0 Å². The highest BCUT2D eigenvalue weighted by molar-refractivity contribution is 7.21. The average molecular weight is 444 g/mol. The molecule has 2 aromatic heterocycles. The van der Waals surface area contributed by atoms with Crippen molar-refractivity contribution in [2.24, 2.45) is 0 Å². The largest absolute Gasteiger partial charge is 0.383 e. The quantitative estimate of drug-likeness (QED) is 0.506. The van der Waals surface area contributed by atoms with Gasteiger partial charge in [0.15, 0.2) is 0 Å². The predicted octanol–water partition coefficient (Wildman–Crippen LogP) is 4.38. The van der Waals surface area contributed by atoms with E-state index in [0.29, 0.717) is 17.4 Å². The number of nitrogens with two attached hydrogens (primary N) is 1. The second-order valence-corrected chi connectivity index (χ2v) is 9.41. The third kappa shape index (κ3) is 3.85. The van der Waals surface area contributed by atoms with E-state index in [9.17, 15) is 4.79 Å². The Hall–Kier alpha value is -3.29. The molecule has 2 N–H and O–H groups in total. The van der Waals surface area contributed by atoms with E-state index in [2.05, 4.69) is 30.0 Å². The van der Waals surface area contributed by atoms with Gasteiger partial charge in [0, 0.05) is 36.5 Å². The Labute approximate surface area is 191 Å². The van der Waals surface area contributed by atoms with E-state index in [-0.39, 0.29) is 5.91 Å². The summed E-state index contributed by atoms with van der Waals surface area (Å²) in [4.78, 5) is 26.4. The Morgan fingerprint density at radius 2 is 1.97 bits per heavy atom. The first-order valence-electron chi connectivity index (χ1n) is 10.7. The molecule has 2 aromatic carbocycles. The Kier molecular flexibility index (Phi) is 5.36. The van der Waals surface area contributed by atoms with Gasteiger partial charge in [0.2, 0.25) is 0 Å². The maximum atomic E-state index is 13.1. The molecule has 1 aliphatic heterocycles. The van der Waals surface area contributed by atoms with Crippen molar-refractivity contribution in [3.8, 4) is 21.7 Å². The molecule has 1 atom stereocenters. The van der Waals surface area contributed by atoms with Crippen LogP contribution in [0.1, 0.15) is 16.8 Å². The van der Waals surface area contributed by atoms with Gasteiger partial charge in [-0.05, 0) is 56.4 Å². The second-order valence-electron chi connectivity index (χ2n) is 8.38. The van der Waals surface area contributed by atoms with Gasteiger partial charge in [-0.1, -0.05) is 24.3 Å². The maximum Gasteiger partial charge on any atom is 0.253 e. The Balaban J connectivity index is 1.46. The molecular formula is C25H25N5OS. The molecule has 1 amide bonds. The standard InChI is InChI=1S/C25H25N5OS/c1-29(2)19-10-11-30(15-19)25(31)17-7-5-6-16(12-17)18-13-20(23(26)27-14-18)24-28-21-8-3-4-9-22(21)32-24/h3-9,12-14,19H,10-11,15H2,1-2H3,(H2,26,27). The number of para-hydroxylation sites is 1. The number of likely N-dealkylation sites (tertiary alicyclic amines) is 1. The molecule has 1 fully saturated rings. The molecule has 7 heteroatoms. The fourth-order valence-electron chi connectivity index (χ4n) is 4.15. The van der Waals surface area contributed by atoms with Crippen molar-refractivity contribution in [1.82, 2.24) is 19.8 Å². The molecule has 1 unspecified atom stereocenters. The van der Waals surface area contributed by atoms with Crippen molar-refractivity contribution in [1.29, 1.82) is 0 Å². The predicted molar refractivity (Wildman–Crippen MR) is 131 cm³/mol. The van der Waals surface area contributed by atoms with Gasteiger partial charge in [0.1, 0.15) is 10.8 Å². The van der Waals surface area contributed by atoms with Crippen molar-refractivity contribution < 1.29 is 4.79 Å². The number of likely N-dealkylation sites (N-methyl/N-ethyl adjacent to an activating group) is 1. The van der Waals surface area contributed by atoms with E-state index in [1.807, 2.05) is 53.4 Å². The molecule has 5 rings (SSSR count). The molecule has 32 heavy (non-hydrogen) atoms. The van der Waals surface area contributed by atoms with Crippen LogP contribution in [0, 0.1) is 0 Å². The number of nitrogen functional groups attached to an aromatic ring is 1. The van der Waals surface area contributed by atoms with Gasteiger partial charge < -0.3 is 15.5 Å². The molecular weight excluding hydrogens is 418 g/mol. The van der Waals surface area contributed by atoms with Crippen LogP contribution in [0.5, 0.6) is 0 Å². The first-order valence-corrected chi connectivity index (χ1v) is 11.5. The average Bonchev–Trinajstić information content (AvgIpc) is 3.46. The molecule has 0 spiro atoms. The normalized spacial score (nSPS) is 16.2. The number of carbonyl (C=O) groups excluding carboxylic acids is 1. The zero-order valence-electron chi connectivity index (χ0n) is 18.2. The molecule has 6 nitrogen and oxygen atoms in total. The summed E-state index contributed by atoms with van der Waals surface area (Å²) in [6.07, 6.45) is 2.76. The number of amides is 1. The van der Waals surface area contributed by atoms with Crippen LogP contribution in [0.3, 0.4) is 0 Å². The highest BCUT2D eigenvalue weighted by Crippen LogP contribution is 2.35. The van der Waals surface area contributed by atoms with Crippen molar-refractivity contribution in [3.63, 3.8) is 0 Å². The van der Waals surface area contributed by atoms with Crippen molar-refractivity contribution >= 4 is 33.3 Å². The summed E-state index contributed by atoms with van der Waals surface area (Å²) in [6.45, 7) is 1.55. The van der Waals surface area contributed by atoms with Gasteiger partial charge in [0.05, 0.1) is 15.8 Å². The van der Waals surface area contributed by atoms with Crippen molar-refractivity contribution in [3.05, 3.63) is 66.4 Å². The van der Waals surface area contributed by atoms with E-state index in [4.69, 9.17) is 10.7 Å². The number of fused-ring (bicyclic) bond motifs is 1. The number of rotatable bonds is 4. The first kappa shape index (κ1) is 20.6. The number of thiazole rings is 1. The van der Waals surface area contributed by atoms with Crippen LogP contribution in [0.4, 0.5) is 5.82 Å². The smallest absolute Gasteiger partial charge is 0.253 e. The number of pyridine rings is 1. The summed E-state index contributed by atoms with van der Waals surface area (Å²) in [5.41, 5.74) is 10.5. The molecule has 1 saturated heterocycles. The lowest BCUT2D eigenvalue weighted by Gasteiger charge is -2.20. The van der Waals surface area contributed by atoms with E-state index in [1.54, 1.807) is 17.5 Å². The molecule has 0 saturated carbocycles. The first-order chi connectivity index (χ1) is 15.5. The van der Waals surface area contributed by atoms with Crippen LogP contribution in [0.2, 0.25) is 0 Å². The van der Waals surface area contributed by atoms with Crippen molar-refractivity contribution in [2.75, 3.05) is 32.9 Å². The van der Waals surface area contributed by atoms with Crippen LogP contribution in [-0.4, -0.2) is 58.9 Å². The number of hydrogen-bond acceptors (Lipinski definition) is 6. The van der Waals surface area contributed by atoms with Gasteiger partial charge in [0.25, 0.3) is 5.91 Å². The van der Waals surface area contributed by atoms with Crippen molar-refractivity contribution in [2.45, 2.75) is 12.5 Å². The maximum absolute atomic E-state index is 13.1. The fraction of sp³-hybridized carbons (Fsp3) is 0.240. The van der Waals surface area contributed by atoms with E-state index >= 15 is 0 Å². The molecule has 3 heterocycles. The lowest BCUT2D eigenvalue weighted by molar-refractivity contribution is 0.0783. The Morgan fingerprint density at radius 1 is 1.12 bits per heavy atom. The van der Waals surface area contributed by atoms with Gasteiger partial charge in [-0.25, -0.2) is 9.97 Å². The Bertz CT molecular complexity index is 1270. The lowest BCUT2D eigenvalue weighted by atomic mass is 10.0. The summed E-state index contributed by atoms with van der Waals surface area (Å²) in [7, 11) is 4.13. The second kappa shape index (κ2) is 8.33.